The minimum absolute atomic E-state index is 0.121. The molecule has 2 heterocycles. The standard InChI is InChI=1S/C21H16ClN5O2/c1-12(2)29-18-8-7-14(22)9-15(18)20(28)25-19-13(10-23)11-27-17-6-4-3-5-16(17)24-21(27)26-19/h3-9,11-12H,1-2H3,(H,24,25,26,28). The average molecular weight is 406 g/mol. The number of amides is 1. The van der Waals surface area contributed by atoms with Gasteiger partial charge in [-0.1, -0.05) is 23.7 Å². The topological polar surface area (TPSA) is 92.3 Å². The number of ether oxygens (including phenoxy) is 1. The Morgan fingerprint density at radius 1 is 1.24 bits per heavy atom. The Balaban J connectivity index is 1.76. The number of nitrogens with zero attached hydrogens (tertiary/aromatic N) is 4. The summed E-state index contributed by atoms with van der Waals surface area (Å²) in [6.45, 7) is 3.73. The highest BCUT2D eigenvalue weighted by molar-refractivity contribution is 6.31. The minimum Gasteiger partial charge on any atom is -0.490 e. The molecule has 29 heavy (non-hydrogen) atoms. The smallest absolute Gasteiger partial charge is 0.260 e. The molecule has 144 valence electrons. The van der Waals surface area contributed by atoms with Gasteiger partial charge in [0.05, 0.1) is 22.7 Å². The summed E-state index contributed by atoms with van der Waals surface area (Å²) in [7, 11) is 0. The molecule has 0 spiro atoms. The van der Waals surface area contributed by atoms with E-state index in [0.717, 1.165) is 11.0 Å². The Hall–Kier alpha value is -3.63. The first kappa shape index (κ1) is 18.7. The van der Waals surface area contributed by atoms with E-state index in [2.05, 4.69) is 21.4 Å². The summed E-state index contributed by atoms with van der Waals surface area (Å²) in [6.07, 6.45) is 1.49. The quantitative estimate of drug-likeness (QED) is 0.541. The molecule has 0 aliphatic carbocycles. The molecule has 0 atom stereocenters. The Labute approximate surface area is 171 Å². The van der Waals surface area contributed by atoms with Gasteiger partial charge in [0.25, 0.3) is 5.91 Å². The number of anilines is 1. The van der Waals surface area contributed by atoms with Crippen LogP contribution in [0.1, 0.15) is 29.8 Å². The van der Waals surface area contributed by atoms with Crippen LogP contribution in [0, 0.1) is 11.3 Å². The van der Waals surface area contributed by atoms with Crippen LogP contribution in [0.4, 0.5) is 5.82 Å². The number of rotatable bonds is 4. The molecule has 0 bridgehead atoms. The second-order valence-corrected chi connectivity index (χ2v) is 7.08. The Morgan fingerprint density at radius 3 is 2.79 bits per heavy atom. The predicted octanol–water partition coefficient (Wildman–Crippen LogP) is 4.45. The molecule has 1 N–H and O–H groups in total. The number of imidazole rings is 1. The second-order valence-electron chi connectivity index (χ2n) is 6.65. The molecule has 8 heteroatoms. The maximum absolute atomic E-state index is 12.9. The van der Waals surface area contributed by atoms with Crippen molar-refractivity contribution in [2.24, 2.45) is 0 Å². The van der Waals surface area contributed by atoms with Crippen molar-refractivity contribution in [1.29, 1.82) is 5.26 Å². The normalized spacial score (nSPS) is 11.0. The zero-order valence-corrected chi connectivity index (χ0v) is 16.4. The predicted molar refractivity (Wildman–Crippen MR) is 110 cm³/mol. The van der Waals surface area contributed by atoms with Gasteiger partial charge in [-0.25, -0.2) is 4.98 Å². The third kappa shape index (κ3) is 3.58. The van der Waals surface area contributed by atoms with Crippen LogP contribution in [0.2, 0.25) is 5.02 Å². The molecule has 4 rings (SSSR count). The molecule has 0 fully saturated rings. The van der Waals surface area contributed by atoms with Gasteiger partial charge < -0.3 is 10.1 Å². The summed E-state index contributed by atoms with van der Waals surface area (Å²) < 4.78 is 7.42. The number of hydrogen-bond donors (Lipinski definition) is 1. The molecule has 0 saturated heterocycles. The van der Waals surface area contributed by atoms with Crippen molar-refractivity contribution >= 4 is 40.1 Å². The second kappa shape index (κ2) is 7.41. The monoisotopic (exact) mass is 405 g/mol. The van der Waals surface area contributed by atoms with Crippen molar-refractivity contribution in [2.45, 2.75) is 20.0 Å². The van der Waals surface area contributed by atoms with Gasteiger partial charge in [0.1, 0.15) is 17.4 Å². The van der Waals surface area contributed by atoms with Gasteiger partial charge in [0, 0.05) is 11.2 Å². The van der Waals surface area contributed by atoms with E-state index in [1.165, 1.54) is 6.07 Å². The van der Waals surface area contributed by atoms with Crippen molar-refractivity contribution in [2.75, 3.05) is 5.32 Å². The molecule has 0 aliphatic rings. The highest BCUT2D eigenvalue weighted by Crippen LogP contribution is 2.26. The Bertz CT molecular complexity index is 1290. The molecule has 1 amide bonds. The number of carbonyl (C=O) groups excluding carboxylic acids is 1. The lowest BCUT2D eigenvalue weighted by molar-refractivity contribution is 0.102. The van der Waals surface area contributed by atoms with Gasteiger partial charge in [-0.05, 0) is 44.2 Å². The highest BCUT2D eigenvalue weighted by atomic mass is 35.5. The number of para-hydroxylation sites is 2. The lowest BCUT2D eigenvalue weighted by Gasteiger charge is -2.14. The number of aromatic nitrogens is 3. The fourth-order valence-corrected chi connectivity index (χ4v) is 3.15. The third-order valence-electron chi connectivity index (χ3n) is 4.20. The van der Waals surface area contributed by atoms with E-state index >= 15 is 0 Å². The maximum Gasteiger partial charge on any atom is 0.260 e. The number of benzene rings is 2. The first-order valence-corrected chi connectivity index (χ1v) is 9.29. The number of halogens is 1. The first-order valence-electron chi connectivity index (χ1n) is 8.92. The van der Waals surface area contributed by atoms with E-state index in [9.17, 15) is 10.1 Å². The lowest BCUT2D eigenvalue weighted by Crippen LogP contribution is -2.17. The number of hydrogen-bond acceptors (Lipinski definition) is 5. The van der Waals surface area contributed by atoms with Gasteiger partial charge in [0.15, 0.2) is 5.82 Å². The van der Waals surface area contributed by atoms with Gasteiger partial charge in [-0.15, -0.1) is 0 Å². The molecular formula is C21H16ClN5O2. The fourth-order valence-electron chi connectivity index (χ4n) is 2.98. The molecule has 2 aromatic carbocycles. The van der Waals surface area contributed by atoms with E-state index in [-0.39, 0.29) is 23.0 Å². The lowest BCUT2D eigenvalue weighted by atomic mass is 10.1. The first-order chi connectivity index (χ1) is 14.0. The number of fused-ring (bicyclic) bond motifs is 3. The summed E-state index contributed by atoms with van der Waals surface area (Å²) in [5, 5.41) is 12.7. The van der Waals surface area contributed by atoms with Crippen LogP contribution in [0.15, 0.2) is 48.7 Å². The Kier molecular flexibility index (Phi) is 4.79. The van der Waals surface area contributed by atoms with Crippen LogP contribution in [0.5, 0.6) is 5.75 Å². The SMILES string of the molecule is CC(C)Oc1ccc(Cl)cc1C(=O)Nc1nc2nc3ccccc3n2cc1C#N. The van der Waals surface area contributed by atoms with E-state index in [1.54, 1.807) is 22.7 Å². The summed E-state index contributed by atoms with van der Waals surface area (Å²) in [5.74, 6) is 0.418. The largest absolute Gasteiger partial charge is 0.490 e. The summed E-state index contributed by atoms with van der Waals surface area (Å²) >= 11 is 6.07. The van der Waals surface area contributed by atoms with Crippen molar-refractivity contribution in [3.8, 4) is 11.8 Å². The molecule has 0 unspecified atom stereocenters. The minimum atomic E-state index is -0.479. The van der Waals surface area contributed by atoms with Crippen molar-refractivity contribution in [3.63, 3.8) is 0 Å². The van der Waals surface area contributed by atoms with Crippen LogP contribution in [-0.2, 0) is 0 Å². The van der Waals surface area contributed by atoms with Gasteiger partial charge in [0.2, 0.25) is 5.78 Å². The molecule has 2 aromatic heterocycles. The van der Waals surface area contributed by atoms with Crippen molar-refractivity contribution in [3.05, 3.63) is 64.8 Å². The molecule has 7 nitrogen and oxygen atoms in total. The summed E-state index contributed by atoms with van der Waals surface area (Å²) in [5.41, 5.74) is 2.04. The molecule has 0 radical (unpaired) electrons. The highest BCUT2D eigenvalue weighted by Gasteiger charge is 2.18. The third-order valence-corrected chi connectivity index (χ3v) is 4.44. The van der Waals surface area contributed by atoms with Crippen molar-refractivity contribution in [1.82, 2.24) is 14.4 Å². The number of nitrogens with one attached hydrogen (secondary N) is 1. The molecule has 0 aliphatic heterocycles. The zero-order chi connectivity index (χ0) is 20.5. The van der Waals surface area contributed by atoms with Gasteiger partial charge in [-0.2, -0.15) is 10.2 Å². The Morgan fingerprint density at radius 2 is 2.03 bits per heavy atom. The summed E-state index contributed by atoms with van der Waals surface area (Å²) in [6, 6.07) is 14.4. The van der Waals surface area contributed by atoms with E-state index in [1.807, 2.05) is 38.1 Å². The van der Waals surface area contributed by atoms with Crippen LogP contribution in [0.3, 0.4) is 0 Å². The molecular weight excluding hydrogens is 390 g/mol. The fraction of sp³-hybridized carbons (Fsp3) is 0.143. The van der Waals surface area contributed by atoms with Gasteiger partial charge >= 0.3 is 0 Å². The average Bonchev–Trinajstić information content (AvgIpc) is 3.05. The number of nitriles is 1. The van der Waals surface area contributed by atoms with E-state index in [4.69, 9.17) is 16.3 Å². The van der Waals surface area contributed by atoms with Crippen LogP contribution < -0.4 is 10.1 Å². The van der Waals surface area contributed by atoms with E-state index < -0.39 is 5.91 Å². The molecule has 0 saturated carbocycles. The van der Waals surface area contributed by atoms with E-state index in [0.29, 0.717) is 16.5 Å². The summed E-state index contributed by atoms with van der Waals surface area (Å²) in [4.78, 5) is 21.8. The van der Waals surface area contributed by atoms with Gasteiger partial charge in [-0.3, -0.25) is 9.20 Å². The van der Waals surface area contributed by atoms with Crippen molar-refractivity contribution < 1.29 is 9.53 Å². The van der Waals surface area contributed by atoms with Crippen LogP contribution in [-0.4, -0.2) is 26.4 Å². The van der Waals surface area contributed by atoms with Crippen LogP contribution in [0.25, 0.3) is 16.8 Å². The zero-order valence-electron chi connectivity index (χ0n) is 15.7. The van der Waals surface area contributed by atoms with Crippen LogP contribution >= 0.6 is 11.6 Å². The number of carbonyl (C=O) groups is 1. The molecule has 4 aromatic rings. The maximum atomic E-state index is 12.9.